The van der Waals surface area contributed by atoms with Crippen molar-refractivity contribution in [3.63, 3.8) is 0 Å². The lowest BCUT2D eigenvalue weighted by Gasteiger charge is -1.99. The minimum absolute atomic E-state index is 1.13. The van der Waals surface area contributed by atoms with E-state index in [1.54, 1.807) is 6.42 Å². The molecule has 2 aliphatic carbocycles. The van der Waals surface area contributed by atoms with Crippen molar-refractivity contribution in [1.82, 2.24) is 0 Å². The van der Waals surface area contributed by atoms with E-state index in [2.05, 4.69) is 12.2 Å². The molecule has 0 aromatic heterocycles. The Morgan fingerprint density at radius 1 is 0.889 bits per heavy atom. The lowest BCUT2D eigenvalue weighted by atomic mass is 10.1. The maximum absolute atomic E-state index is 2.36. The highest BCUT2D eigenvalue weighted by atomic mass is 14.4. The average Bonchev–Trinajstić information content (AvgIpc) is 2.46. The highest BCUT2D eigenvalue weighted by molar-refractivity contribution is 4.94. The molecule has 9 heavy (non-hydrogen) atoms. The Morgan fingerprint density at radius 2 is 1.44 bits per heavy atom. The van der Waals surface area contributed by atoms with Crippen LogP contribution < -0.4 is 0 Å². The van der Waals surface area contributed by atoms with Crippen LogP contribution in [0, 0.1) is 11.8 Å². The van der Waals surface area contributed by atoms with Crippen LogP contribution in [0.5, 0.6) is 0 Å². The maximum atomic E-state index is 2.36. The van der Waals surface area contributed by atoms with E-state index in [9.17, 15) is 0 Å². The van der Waals surface area contributed by atoms with Crippen LogP contribution in [0.3, 0.4) is 0 Å². The molecule has 0 heterocycles. The Hall–Kier alpha value is -0.260. The smallest absolute Gasteiger partial charge is 0.0348 e. The first-order valence-corrected chi connectivity index (χ1v) is 4.12. The van der Waals surface area contributed by atoms with Gasteiger partial charge in [-0.2, -0.15) is 0 Å². The zero-order valence-electron chi connectivity index (χ0n) is 5.84. The summed E-state index contributed by atoms with van der Waals surface area (Å²) in [6.07, 6.45) is 11.9. The van der Waals surface area contributed by atoms with E-state index in [1.807, 2.05) is 0 Å². The zero-order chi connectivity index (χ0) is 6.10. The quantitative estimate of drug-likeness (QED) is 0.433. The van der Waals surface area contributed by atoms with Crippen LogP contribution >= 0.6 is 0 Å². The third kappa shape index (κ3) is 1.17. The van der Waals surface area contributed by atoms with Gasteiger partial charge in [-0.1, -0.05) is 12.2 Å². The fourth-order valence-electron chi connectivity index (χ4n) is 1.87. The first kappa shape index (κ1) is 5.52. The number of hydrogen-bond acceptors (Lipinski definition) is 0. The summed E-state index contributed by atoms with van der Waals surface area (Å²) >= 11 is 0. The van der Waals surface area contributed by atoms with E-state index in [-0.39, 0.29) is 0 Å². The topological polar surface area (TPSA) is 0 Å². The molecule has 1 fully saturated rings. The summed E-state index contributed by atoms with van der Waals surface area (Å²) in [6.45, 7) is 0. The Kier molecular flexibility index (Phi) is 1.33. The van der Waals surface area contributed by atoms with Crippen LogP contribution in [0.4, 0.5) is 0 Å². The predicted molar refractivity (Wildman–Crippen MR) is 39.2 cm³/mol. The lowest BCUT2D eigenvalue weighted by molar-refractivity contribution is 0.605. The van der Waals surface area contributed by atoms with E-state index < -0.39 is 0 Å². The molecule has 2 rings (SSSR count). The highest BCUT2D eigenvalue weighted by Gasteiger charge is 2.35. The van der Waals surface area contributed by atoms with Gasteiger partial charge < -0.3 is 0 Å². The van der Waals surface area contributed by atoms with E-state index >= 15 is 0 Å². The van der Waals surface area contributed by atoms with Crippen molar-refractivity contribution in [1.29, 1.82) is 0 Å². The molecular weight excluding hydrogens is 108 g/mol. The van der Waals surface area contributed by atoms with Gasteiger partial charge in [0.1, 0.15) is 0 Å². The molecule has 0 nitrogen and oxygen atoms in total. The summed E-state index contributed by atoms with van der Waals surface area (Å²) in [6, 6.07) is 0. The average molecular weight is 122 g/mol. The molecule has 0 bridgehead atoms. The third-order valence-corrected chi connectivity index (χ3v) is 2.64. The number of allylic oxidation sites excluding steroid dienone is 2. The largest absolute Gasteiger partial charge is 0.0885 e. The molecule has 2 atom stereocenters. The minimum atomic E-state index is 1.13. The maximum Gasteiger partial charge on any atom is -0.0348 e. The molecule has 0 saturated heterocycles. The number of fused-ring (bicyclic) bond motifs is 1. The van der Waals surface area contributed by atoms with Crippen LogP contribution in [0.1, 0.15) is 32.1 Å². The van der Waals surface area contributed by atoms with Crippen LogP contribution in [0.2, 0.25) is 0 Å². The summed E-state index contributed by atoms with van der Waals surface area (Å²) in [5.74, 6) is 2.27. The first-order chi connectivity index (χ1) is 4.47. The summed E-state index contributed by atoms with van der Waals surface area (Å²) < 4.78 is 0. The molecule has 50 valence electrons. The van der Waals surface area contributed by atoms with E-state index in [0.29, 0.717) is 0 Å². The van der Waals surface area contributed by atoms with E-state index in [1.165, 1.54) is 25.7 Å². The second kappa shape index (κ2) is 2.17. The molecule has 1 saturated carbocycles. The van der Waals surface area contributed by atoms with Gasteiger partial charge in [-0.25, -0.2) is 0 Å². The normalized spacial score (nSPS) is 44.4. The molecule has 2 unspecified atom stereocenters. The summed E-state index contributed by atoms with van der Waals surface area (Å²) in [5, 5.41) is 0. The summed E-state index contributed by atoms with van der Waals surface area (Å²) in [4.78, 5) is 0. The van der Waals surface area contributed by atoms with Crippen molar-refractivity contribution in [3.8, 4) is 0 Å². The van der Waals surface area contributed by atoms with Crippen LogP contribution in [0.25, 0.3) is 0 Å². The molecule has 0 aliphatic heterocycles. The van der Waals surface area contributed by atoms with Crippen LogP contribution in [-0.2, 0) is 0 Å². The van der Waals surface area contributed by atoms with Gasteiger partial charge in [-0.15, -0.1) is 0 Å². The van der Waals surface area contributed by atoms with E-state index in [0.717, 1.165) is 11.8 Å². The molecule has 0 aromatic carbocycles. The fourth-order valence-corrected chi connectivity index (χ4v) is 1.87. The van der Waals surface area contributed by atoms with Gasteiger partial charge in [-0.3, -0.25) is 0 Å². The standard InChI is InChI=1S/C9H14/c1-2-4-6-9-7-8(9)5-3-1/h1-2,8-9H,3-7H2/b2-1-. The Bertz CT molecular complexity index is 110. The van der Waals surface area contributed by atoms with E-state index in [4.69, 9.17) is 0 Å². The predicted octanol–water partition coefficient (Wildman–Crippen LogP) is 2.75. The molecule has 0 radical (unpaired) electrons. The highest BCUT2D eigenvalue weighted by Crippen LogP contribution is 2.45. The molecule has 0 heteroatoms. The van der Waals surface area contributed by atoms with Crippen molar-refractivity contribution in [2.75, 3.05) is 0 Å². The molecule has 0 aromatic rings. The van der Waals surface area contributed by atoms with Crippen molar-refractivity contribution in [2.45, 2.75) is 32.1 Å². The SMILES string of the molecule is C1=C\CCC2CC2CC/1. The van der Waals surface area contributed by atoms with Gasteiger partial charge >= 0.3 is 0 Å². The second-order valence-electron chi connectivity index (χ2n) is 3.38. The van der Waals surface area contributed by atoms with Gasteiger partial charge in [0.25, 0.3) is 0 Å². The zero-order valence-corrected chi connectivity index (χ0v) is 5.84. The summed E-state index contributed by atoms with van der Waals surface area (Å²) in [7, 11) is 0. The van der Waals surface area contributed by atoms with Gasteiger partial charge in [0.15, 0.2) is 0 Å². The lowest BCUT2D eigenvalue weighted by Crippen LogP contribution is -1.85. The van der Waals surface area contributed by atoms with Gasteiger partial charge in [0.2, 0.25) is 0 Å². The van der Waals surface area contributed by atoms with Crippen molar-refractivity contribution in [3.05, 3.63) is 12.2 Å². The molecule has 0 N–H and O–H groups in total. The van der Waals surface area contributed by atoms with Gasteiger partial charge in [0, 0.05) is 0 Å². The monoisotopic (exact) mass is 122 g/mol. The molecule has 0 spiro atoms. The number of rotatable bonds is 0. The van der Waals surface area contributed by atoms with Crippen LogP contribution in [-0.4, -0.2) is 0 Å². The Morgan fingerprint density at radius 3 is 2.00 bits per heavy atom. The Labute approximate surface area is 57.0 Å². The molecular formula is C9H14. The third-order valence-electron chi connectivity index (χ3n) is 2.64. The van der Waals surface area contributed by atoms with Crippen molar-refractivity contribution >= 4 is 0 Å². The van der Waals surface area contributed by atoms with Crippen molar-refractivity contribution in [2.24, 2.45) is 11.8 Å². The fraction of sp³-hybridized carbons (Fsp3) is 0.778. The van der Waals surface area contributed by atoms with Crippen molar-refractivity contribution < 1.29 is 0 Å². The van der Waals surface area contributed by atoms with Gasteiger partial charge in [0.05, 0.1) is 0 Å². The van der Waals surface area contributed by atoms with Crippen LogP contribution in [0.15, 0.2) is 12.2 Å². The Balaban J connectivity index is 1.91. The second-order valence-corrected chi connectivity index (χ2v) is 3.38. The summed E-state index contributed by atoms with van der Waals surface area (Å²) in [5.41, 5.74) is 0. The van der Waals surface area contributed by atoms with Gasteiger partial charge in [-0.05, 0) is 43.9 Å². The molecule has 2 aliphatic rings. The minimum Gasteiger partial charge on any atom is -0.0885 e. The number of hydrogen-bond donors (Lipinski definition) is 0. The first-order valence-electron chi connectivity index (χ1n) is 4.12. The molecule has 0 amide bonds.